The lowest BCUT2D eigenvalue weighted by Gasteiger charge is -2.29. The lowest BCUT2D eigenvalue weighted by molar-refractivity contribution is -0.154. The number of carbonyl (C=O) groups excluding carboxylic acids is 3. The summed E-state index contributed by atoms with van der Waals surface area (Å²) in [5.41, 5.74) is 7.39. The molecule has 1 aliphatic heterocycles. The van der Waals surface area contributed by atoms with E-state index in [4.69, 9.17) is 16.6 Å². The van der Waals surface area contributed by atoms with Crippen molar-refractivity contribution >= 4 is 29.5 Å². The quantitative estimate of drug-likeness (QED) is 0.203. The van der Waals surface area contributed by atoms with E-state index in [1.165, 1.54) is 6.92 Å². The number of carboxylic acids is 2. The Balaban J connectivity index is 3.27. The molecule has 0 radical (unpaired) electrons. The zero-order valence-electron chi connectivity index (χ0n) is 13.8. The van der Waals surface area contributed by atoms with Crippen molar-refractivity contribution in [2.75, 3.05) is 6.54 Å². The molecule has 12 nitrogen and oxygen atoms in total. The zero-order chi connectivity index (χ0) is 20.2. The summed E-state index contributed by atoms with van der Waals surface area (Å²) in [7, 11) is 0. The molecule has 0 saturated heterocycles. The van der Waals surface area contributed by atoms with Crippen molar-refractivity contribution in [1.82, 2.24) is 10.6 Å². The highest BCUT2D eigenvalue weighted by Gasteiger charge is 2.47. The number of ketones is 1. The van der Waals surface area contributed by atoms with Crippen LogP contribution in [-0.4, -0.2) is 69.0 Å². The van der Waals surface area contributed by atoms with Gasteiger partial charge in [0.15, 0.2) is 11.3 Å². The summed E-state index contributed by atoms with van der Waals surface area (Å²) < 4.78 is 0. The van der Waals surface area contributed by atoms with Crippen molar-refractivity contribution in [2.24, 2.45) is 11.5 Å². The van der Waals surface area contributed by atoms with Crippen LogP contribution < -0.4 is 22.1 Å². The van der Waals surface area contributed by atoms with Crippen molar-refractivity contribution in [3.8, 4) is 0 Å². The number of nitrogens with one attached hydrogen (secondary N) is 2. The Kier molecular flexibility index (Phi) is 6.42. The molecule has 1 aliphatic rings. The molecule has 9 N–H and O–H groups in total. The van der Waals surface area contributed by atoms with Crippen LogP contribution in [0.1, 0.15) is 19.8 Å². The molecule has 0 aromatic heterocycles. The number of Topliss-reactive ketones (excluding diaryl/α,β-unsaturated/α-hetero) is 1. The van der Waals surface area contributed by atoms with Crippen LogP contribution in [0.3, 0.4) is 0 Å². The van der Waals surface area contributed by atoms with E-state index in [1.807, 2.05) is 5.32 Å². The number of aliphatic hydroxyl groups is 1. The lowest BCUT2D eigenvalue weighted by atomic mass is 9.86. The summed E-state index contributed by atoms with van der Waals surface area (Å²) >= 11 is 0. The maximum Gasteiger partial charge on any atom is 0.330 e. The highest BCUT2D eigenvalue weighted by molar-refractivity contribution is 6.22. The Morgan fingerprint density at radius 3 is 2.23 bits per heavy atom. The maximum atomic E-state index is 12.4. The molecule has 0 saturated carbocycles. The molecule has 0 fully saturated rings. The third-order valence-electron chi connectivity index (χ3n) is 3.73. The Labute approximate surface area is 147 Å². The number of hydrogen-bond donors (Lipinski definition) is 7. The van der Waals surface area contributed by atoms with E-state index >= 15 is 0 Å². The molecule has 12 heteroatoms. The zero-order valence-corrected chi connectivity index (χ0v) is 13.8. The molecule has 1 rings (SSSR count). The fourth-order valence-corrected chi connectivity index (χ4v) is 2.36. The molecular weight excluding hydrogens is 352 g/mol. The monoisotopic (exact) mass is 372 g/mol. The molecule has 26 heavy (non-hydrogen) atoms. The average Bonchev–Trinajstić information content (AvgIpc) is 2.80. The van der Waals surface area contributed by atoms with Gasteiger partial charge in [-0.15, -0.1) is 0 Å². The first-order valence-corrected chi connectivity index (χ1v) is 7.45. The minimum absolute atomic E-state index is 0.213. The summed E-state index contributed by atoms with van der Waals surface area (Å²) in [6, 6.07) is -2.19. The fraction of sp³-hybridized carbons (Fsp3) is 0.500. The van der Waals surface area contributed by atoms with Gasteiger partial charge in [-0.1, -0.05) is 0 Å². The molecule has 2 amide bonds. The second kappa shape index (κ2) is 7.93. The average molecular weight is 372 g/mol. The van der Waals surface area contributed by atoms with Gasteiger partial charge in [0.05, 0.1) is 18.5 Å². The summed E-state index contributed by atoms with van der Waals surface area (Å²) in [5, 5.41) is 32.5. The minimum Gasteiger partial charge on any atom is -0.509 e. The first kappa shape index (κ1) is 21.1. The molecular formula is C14H20N4O8. The Morgan fingerprint density at radius 1 is 1.27 bits per heavy atom. The number of rotatable bonds is 9. The number of aliphatic hydroxyl groups excluding tert-OH is 1. The van der Waals surface area contributed by atoms with Gasteiger partial charge < -0.3 is 37.4 Å². The van der Waals surface area contributed by atoms with Crippen LogP contribution in [-0.2, 0) is 24.0 Å². The van der Waals surface area contributed by atoms with Crippen molar-refractivity contribution < 1.29 is 39.3 Å². The highest BCUT2D eigenvalue weighted by atomic mass is 16.4. The van der Waals surface area contributed by atoms with Gasteiger partial charge in [-0.05, 0) is 6.92 Å². The smallest absolute Gasteiger partial charge is 0.330 e. The summed E-state index contributed by atoms with van der Waals surface area (Å²) in [6.07, 6.45) is -2.24. The summed E-state index contributed by atoms with van der Waals surface area (Å²) in [4.78, 5) is 58.8. The minimum atomic E-state index is -2.55. The van der Waals surface area contributed by atoms with Crippen molar-refractivity contribution in [2.45, 2.75) is 37.4 Å². The van der Waals surface area contributed by atoms with Gasteiger partial charge in [0, 0.05) is 13.0 Å². The van der Waals surface area contributed by atoms with E-state index in [1.54, 1.807) is 0 Å². The Hall–Kier alpha value is -2.99. The van der Waals surface area contributed by atoms with Gasteiger partial charge in [-0.2, -0.15) is 0 Å². The number of hydrogen-bond acceptors (Lipinski definition) is 8. The number of carbonyl (C=O) groups is 5. The van der Waals surface area contributed by atoms with Crippen LogP contribution in [0.2, 0.25) is 0 Å². The van der Waals surface area contributed by atoms with Crippen LogP contribution in [0.5, 0.6) is 0 Å². The van der Waals surface area contributed by atoms with E-state index in [9.17, 15) is 34.2 Å². The predicted octanol–water partition coefficient (Wildman–Crippen LogP) is -3.02. The van der Waals surface area contributed by atoms with Gasteiger partial charge >= 0.3 is 11.9 Å². The molecule has 1 heterocycles. The van der Waals surface area contributed by atoms with Gasteiger partial charge in [0.2, 0.25) is 5.91 Å². The van der Waals surface area contributed by atoms with Crippen LogP contribution in [0.15, 0.2) is 11.3 Å². The largest absolute Gasteiger partial charge is 0.509 e. The van der Waals surface area contributed by atoms with E-state index < -0.39 is 71.3 Å². The number of nitrogens with two attached hydrogens (primary N) is 2. The molecule has 0 spiro atoms. The third kappa shape index (κ3) is 4.34. The predicted molar refractivity (Wildman–Crippen MR) is 84.7 cm³/mol. The van der Waals surface area contributed by atoms with Crippen LogP contribution in [0.25, 0.3) is 0 Å². The van der Waals surface area contributed by atoms with Crippen LogP contribution in [0, 0.1) is 0 Å². The Bertz CT molecular complexity index is 686. The highest BCUT2D eigenvalue weighted by Crippen LogP contribution is 2.24. The van der Waals surface area contributed by atoms with E-state index in [0.29, 0.717) is 0 Å². The molecule has 0 aromatic rings. The molecule has 1 unspecified atom stereocenters. The summed E-state index contributed by atoms with van der Waals surface area (Å²) in [6.45, 7) is 1.02. The SMILES string of the molecule is C[C@H](N)C(=O)NC(CC(=O)O)(CC(=O)C1=C(O)[C@H](CN)NC1=O)C(=O)O. The Morgan fingerprint density at radius 2 is 1.85 bits per heavy atom. The molecule has 0 bridgehead atoms. The van der Waals surface area contributed by atoms with Crippen LogP contribution in [0.4, 0.5) is 0 Å². The van der Waals surface area contributed by atoms with Gasteiger partial charge in [-0.25, -0.2) is 4.79 Å². The first-order valence-electron chi connectivity index (χ1n) is 7.45. The fourth-order valence-electron chi connectivity index (χ4n) is 2.36. The third-order valence-corrected chi connectivity index (χ3v) is 3.73. The number of amides is 2. The standard InChI is InChI=1S/C14H20N4O8/c1-5(16)11(23)18-14(13(25)26,3-8(20)21)2-7(19)9-10(22)6(4-15)17-12(9)24/h5-6,22H,2-4,15-16H2,1H3,(H,17,24)(H,18,23)(H,20,21)(H,25,26)/t5-,6-,14?/m0/s1. The first-order chi connectivity index (χ1) is 11.9. The maximum absolute atomic E-state index is 12.4. The number of carboxylic acid groups (broad SMARTS) is 2. The van der Waals surface area contributed by atoms with E-state index in [0.717, 1.165) is 0 Å². The molecule has 0 aliphatic carbocycles. The molecule has 144 valence electrons. The van der Waals surface area contributed by atoms with Crippen molar-refractivity contribution in [1.29, 1.82) is 0 Å². The van der Waals surface area contributed by atoms with E-state index in [-0.39, 0.29) is 6.54 Å². The number of aliphatic carboxylic acids is 2. The molecule has 3 atom stereocenters. The lowest BCUT2D eigenvalue weighted by Crippen LogP contribution is -2.59. The molecule has 0 aromatic carbocycles. The van der Waals surface area contributed by atoms with Crippen LogP contribution >= 0.6 is 0 Å². The van der Waals surface area contributed by atoms with Crippen molar-refractivity contribution in [3.05, 3.63) is 11.3 Å². The van der Waals surface area contributed by atoms with E-state index in [2.05, 4.69) is 5.32 Å². The second-order valence-corrected chi connectivity index (χ2v) is 5.86. The normalized spacial score (nSPS) is 20.1. The van der Waals surface area contributed by atoms with Gasteiger partial charge in [-0.3, -0.25) is 19.2 Å². The summed E-state index contributed by atoms with van der Waals surface area (Å²) in [5.74, 6) is -7.23. The second-order valence-electron chi connectivity index (χ2n) is 5.86. The van der Waals surface area contributed by atoms with Gasteiger partial charge in [0.25, 0.3) is 5.91 Å². The van der Waals surface area contributed by atoms with Crippen molar-refractivity contribution in [3.63, 3.8) is 0 Å². The topological polar surface area (TPSA) is 222 Å². The van der Waals surface area contributed by atoms with Gasteiger partial charge in [0.1, 0.15) is 11.3 Å².